The van der Waals surface area contributed by atoms with E-state index in [1.54, 1.807) is 18.3 Å². The average molecular weight is 392 g/mol. The molecule has 0 bridgehead atoms. The fourth-order valence-corrected chi connectivity index (χ4v) is 5.29. The van der Waals surface area contributed by atoms with Crippen molar-refractivity contribution < 1.29 is 14.3 Å². The molecule has 4 rings (SSSR count). The summed E-state index contributed by atoms with van der Waals surface area (Å²) in [6, 6.07) is 0.711. The number of amides is 2. The Morgan fingerprint density at radius 1 is 1.07 bits per heavy atom. The largest absolute Gasteiger partial charge is 0.417 e. The first-order valence-electron chi connectivity index (χ1n) is 10.3. The number of aromatic nitrogens is 1. The van der Waals surface area contributed by atoms with Gasteiger partial charge in [-0.25, -0.2) is 9.78 Å². The third-order valence-corrected chi connectivity index (χ3v) is 7.09. The quantitative estimate of drug-likeness (QED) is 0.773. The van der Waals surface area contributed by atoms with Gasteiger partial charge in [0.1, 0.15) is 0 Å². The second-order valence-corrected chi connectivity index (χ2v) is 8.99. The molecule has 1 aromatic heterocycles. The number of carbonyl (C=O) groups is 2. The number of likely N-dealkylation sites (tertiary alicyclic amines) is 1. The Balaban J connectivity index is 1.35. The van der Waals surface area contributed by atoms with Gasteiger partial charge in [-0.2, -0.15) is 0 Å². The lowest BCUT2D eigenvalue weighted by Crippen LogP contribution is -2.44. The Bertz CT molecular complexity index is 674. The topological polar surface area (TPSA) is 62.7 Å². The molecule has 2 heterocycles. The third kappa shape index (κ3) is 4.45. The Kier molecular flexibility index (Phi) is 5.66. The lowest BCUT2D eigenvalue weighted by Gasteiger charge is -2.33. The summed E-state index contributed by atoms with van der Waals surface area (Å²) in [6.45, 7) is 3.19. The smallest absolute Gasteiger partial charge is 0.390 e. The van der Waals surface area contributed by atoms with Crippen molar-refractivity contribution in [1.29, 1.82) is 0 Å². The lowest BCUT2D eigenvalue weighted by atomic mass is 9.94. The number of carbonyl (C=O) groups excluding carboxylic acids is 2. The predicted octanol–water partition coefficient (Wildman–Crippen LogP) is 4.16. The van der Waals surface area contributed by atoms with Crippen molar-refractivity contribution in [2.75, 3.05) is 13.1 Å². The van der Waals surface area contributed by atoms with Crippen molar-refractivity contribution in [1.82, 2.24) is 14.8 Å². The van der Waals surface area contributed by atoms with Crippen LogP contribution in [0.25, 0.3) is 0 Å². The molecule has 0 unspecified atom stereocenters. The lowest BCUT2D eigenvalue weighted by molar-refractivity contribution is -0.129. The average Bonchev–Trinajstić information content (AvgIpc) is 3.40. The first kappa shape index (κ1) is 18.7. The molecule has 0 spiro atoms. The third-order valence-electron chi connectivity index (χ3n) is 6.10. The maximum atomic E-state index is 12.8. The number of hydrogen-bond donors (Lipinski definition) is 0. The molecule has 0 N–H and O–H groups in total. The van der Waals surface area contributed by atoms with Gasteiger partial charge in [-0.05, 0) is 38.5 Å². The Labute approximate surface area is 164 Å². The summed E-state index contributed by atoms with van der Waals surface area (Å²) in [5.41, 5.74) is 0. The van der Waals surface area contributed by atoms with Crippen molar-refractivity contribution in [3.05, 3.63) is 10.4 Å². The molecule has 3 fully saturated rings. The van der Waals surface area contributed by atoms with E-state index in [0.717, 1.165) is 56.6 Å². The molecular formula is C20H29N3O3S. The summed E-state index contributed by atoms with van der Waals surface area (Å²) < 4.78 is 5.68. The monoisotopic (exact) mass is 391 g/mol. The fourth-order valence-electron chi connectivity index (χ4n) is 4.40. The van der Waals surface area contributed by atoms with Crippen molar-refractivity contribution in [3.8, 4) is 5.88 Å². The molecule has 6 nitrogen and oxygen atoms in total. The van der Waals surface area contributed by atoms with Gasteiger partial charge in [-0.15, -0.1) is 11.3 Å². The molecule has 0 aromatic carbocycles. The number of thiazole rings is 1. The number of nitrogens with zero attached hydrogens (tertiary/aromatic N) is 3. The summed E-state index contributed by atoms with van der Waals surface area (Å²) in [4.78, 5) is 32.8. The van der Waals surface area contributed by atoms with E-state index in [0.29, 0.717) is 23.9 Å². The van der Waals surface area contributed by atoms with Gasteiger partial charge in [0.2, 0.25) is 11.8 Å². The van der Waals surface area contributed by atoms with Crippen LogP contribution in [0.5, 0.6) is 5.88 Å². The fraction of sp³-hybridized carbons (Fsp3) is 0.750. The second-order valence-electron chi connectivity index (χ2n) is 8.10. The van der Waals surface area contributed by atoms with E-state index >= 15 is 0 Å². The van der Waals surface area contributed by atoms with Crippen molar-refractivity contribution >= 4 is 23.3 Å². The first-order chi connectivity index (χ1) is 13.1. The molecule has 3 aliphatic rings. The van der Waals surface area contributed by atoms with Crippen molar-refractivity contribution in [2.45, 2.75) is 82.7 Å². The van der Waals surface area contributed by atoms with Crippen molar-refractivity contribution in [3.63, 3.8) is 0 Å². The molecule has 0 atom stereocenters. The van der Waals surface area contributed by atoms with Gasteiger partial charge in [0.25, 0.3) is 0 Å². The number of hydrogen-bond acceptors (Lipinski definition) is 5. The number of rotatable bonds is 4. The Morgan fingerprint density at radius 3 is 2.37 bits per heavy atom. The van der Waals surface area contributed by atoms with Crippen LogP contribution < -0.4 is 4.74 Å². The summed E-state index contributed by atoms with van der Waals surface area (Å²) in [5, 5.41) is 2.88. The molecule has 1 saturated heterocycles. The van der Waals surface area contributed by atoms with Crippen LogP contribution in [0.3, 0.4) is 0 Å². The maximum Gasteiger partial charge on any atom is 0.417 e. The SMILES string of the molecule is CC(=O)N1CCC(c2nc(OC(=O)N(C3CCCCC3)C3CC3)cs2)CC1. The van der Waals surface area contributed by atoms with Crippen molar-refractivity contribution in [2.24, 2.45) is 0 Å². The highest BCUT2D eigenvalue weighted by molar-refractivity contribution is 7.09. The van der Waals surface area contributed by atoms with Gasteiger partial charge in [-0.3, -0.25) is 4.79 Å². The van der Waals surface area contributed by atoms with E-state index < -0.39 is 0 Å². The summed E-state index contributed by atoms with van der Waals surface area (Å²) in [6.07, 6.45) is 9.74. The molecule has 0 radical (unpaired) electrons. The molecule has 1 aliphatic heterocycles. The summed E-state index contributed by atoms with van der Waals surface area (Å²) >= 11 is 1.57. The molecule has 1 aromatic rings. The molecular weight excluding hydrogens is 362 g/mol. The van der Waals surface area contributed by atoms with Crippen LogP contribution in [-0.2, 0) is 4.79 Å². The molecule has 148 valence electrons. The summed E-state index contributed by atoms with van der Waals surface area (Å²) in [7, 11) is 0. The predicted molar refractivity (Wildman–Crippen MR) is 104 cm³/mol. The zero-order valence-electron chi connectivity index (χ0n) is 16.1. The maximum absolute atomic E-state index is 12.8. The second kappa shape index (κ2) is 8.17. The van der Waals surface area contributed by atoms with Gasteiger partial charge in [0.15, 0.2) is 0 Å². The zero-order valence-corrected chi connectivity index (χ0v) is 16.9. The highest BCUT2D eigenvalue weighted by Crippen LogP contribution is 2.36. The van der Waals surface area contributed by atoms with Crippen LogP contribution in [0.1, 0.15) is 75.6 Å². The Morgan fingerprint density at radius 2 is 1.74 bits per heavy atom. The molecule has 2 aliphatic carbocycles. The van der Waals surface area contributed by atoms with Crippen LogP contribution in [0.2, 0.25) is 0 Å². The Hall–Kier alpha value is -1.63. The van der Waals surface area contributed by atoms with E-state index in [4.69, 9.17) is 4.74 Å². The molecule has 7 heteroatoms. The van der Waals surface area contributed by atoms with Gasteiger partial charge in [-0.1, -0.05) is 19.3 Å². The van der Waals surface area contributed by atoms with Crippen LogP contribution >= 0.6 is 11.3 Å². The standard InChI is InChI=1S/C20H29N3O3S/c1-14(24)22-11-9-15(10-12-22)19-21-18(13-27-19)26-20(25)23(17-7-8-17)16-5-3-2-4-6-16/h13,15-17H,2-12H2,1H3. The van der Waals surface area contributed by atoms with E-state index in [9.17, 15) is 9.59 Å². The van der Waals surface area contributed by atoms with Crippen LogP contribution in [0.4, 0.5) is 4.79 Å². The number of ether oxygens (including phenoxy) is 1. The van der Waals surface area contributed by atoms with Crippen LogP contribution in [-0.4, -0.2) is 52.0 Å². The van der Waals surface area contributed by atoms with E-state index in [1.165, 1.54) is 19.3 Å². The highest BCUT2D eigenvalue weighted by atomic mass is 32.1. The van der Waals surface area contributed by atoms with Gasteiger partial charge >= 0.3 is 6.09 Å². The minimum absolute atomic E-state index is 0.144. The van der Waals surface area contributed by atoms with Gasteiger partial charge in [0.05, 0.1) is 10.4 Å². The molecule has 2 saturated carbocycles. The first-order valence-corrected chi connectivity index (χ1v) is 11.2. The van der Waals surface area contributed by atoms with Crippen LogP contribution in [0.15, 0.2) is 5.38 Å². The zero-order chi connectivity index (χ0) is 18.8. The normalized spacial score (nSPS) is 21.9. The minimum Gasteiger partial charge on any atom is -0.390 e. The van der Waals surface area contributed by atoms with Gasteiger partial charge in [0, 0.05) is 38.0 Å². The van der Waals surface area contributed by atoms with Gasteiger partial charge < -0.3 is 14.5 Å². The van der Waals surface area contributed by atoms with E-state index in [1.807, 2.05) is 15.2 Å². The van der Waals surface area contributed by atoms with E-state index in [2.05, 4.69) is 4.98 Å². The van der Waals surface area contributed by atoms with Crippen LogP contribution in [0, 0.1) is 0 Å². The minimum atomic E-state index is -0.215. The number of piperidine rings is 1. The van der Waals surface area contributed by atoms with E-state index in [-0.39, 0.29) is 12.0 Å². The summed E-state index contributed by atoms with van der Waals surface area (Å²) in [5.74, 6) is 0.941. The molecule has 2 amide bonds. The highest BCUT2D eigenvalue weighted by Gasteiger charge is 2.39. The molecule has 27 heavy (non-hydrogen) atoms.